The summed E-state index contributed by atoms with van der Waals surface area (Å²) in [5, 5.41) is 6.91. The number of hydrogen-bond donors (Lipinski definition) is 2. The summed E-state index contributed by atoms with van der Waals surface area (Å²) in [7, 11) is 0. The zero-order valence-corrected chi connectivity index (χ0v) is 21.1. The summed E-state index contributed by atoms with van der Waals surface area (Å²) in [6.07, 6.45) is 2.69. The van der Waals surface area contributed by atoms with Crippen LogP contribution in [0.5, 0.6) is 0 Å². The van der Waals surface area contributed by atoms with Crippen molar-refractivity contribution >= 4 is 40.5 Å². The number of hydrogen-bond acceptors (Lipinski definition) is 6. The van der Waals surface area contributed by atoms with Crippen molar-refractivity contribution in [2.75, 3.05) is 41.8 Å². The maximum Gasteiger partial charge on any atom is 0.227 e. The first-order valence-corrected chi connectivity index (χ1v) is 12.7. The maximum absolute atomic E-state index is 12.4. The molecule has 8 heteroatoms. The lowest BCUT2D eigenvalue weighted by atomic mass is 10.1. The van der Waals surface area contributed by atoms with E-state index in [0.717, 1.165) is 54.5 Å². The van der Waals surface area contributed by atoms with Gasteiger partial charge in [0.1, 0.15) is 0 Å². The summed E-state index contributed by atoms with van der Waals surface area (Å²) in [6.45, 7) is 3.33. The predicted molar refractivity (Wildman–Crippen MR) is 149 cm³/mol. The van der Waals surface area contributed by atoms with Crippen LogP contribution in [-0.4, -0.2) is 42.2 Å². The van der Waals surface area contributed by atoms with Crippen LogP contribution >= 0.6 is 11.6 Å². The van der Waals surface area contributed by atoms with Crippen LogP contribution in [0.4, 0.5) is 23.0 Å². The average Bonchev–Trinajstić information content (AvgIpc) is 2.94. The molecule has 1 fully saturated rings. The van der Waals surface area contributed by atoms with Gasteiger partial charge in [0, 0.05) is 53.4 Å². The second-order valence-electron chi connectivity index (χ2n) is 8.75. The Morgan fingerprint density at radius 3 is 2.41 bits per heavy atom. The van der Waals surface area contributed by atoms with Gasteiger partial charge in [0.25, 0.3) is 0 Å². The Balaban J connectivity index is 1.18. The van der Waals surface area contributed by atoms with Crippen molar-refractivity contribution in [2.24, 2.45) is 0 Å². The van der Waals surface area contributed by atoms with Crippen molar-refractivity contribution in [3.05, 3.63) is 95.6 Å². The van der Waals surface area contributed by atoms with E-state index in [0.29, 0.717) is 23.8 Å². The Kier molecular flexibility index (Phi) is 7.93. The van der Waals surface area contributed by atoms with Crippen LogP contribution in [0.1, 0.15) is 12.0 Å². The fourth-order valence-corrected chi connectivity index (χ4v) is 4.41. The van der Waals surface area contributed by atoms with E-state index < -0.39 is 0 Å². The van der Waals surface area contributed by atoms with Gasteiger partial charge in [-0.3, -0.25) is 4.79 Å². The number of carbonyl (C=O) groups is 1. The molecule has 0 atom stereocenters. The monoisotopic (exact) mass is 513 g/mol. The molecule has 2 N–H and O–H groups in total. The average molecular weight is 514 g/mol. The van der Waals surface area contributed by atoms with Gasteiger partial charge < -0.3 is 20.3 Å². The molecule has 1 aliphatic heterocycles. The Morgan fingerprint density at radius 1 is 0.919 bits per heavy atom. The van der Waals surface area contributed by atoms with Crippen LogP contribution in [0.3, 0.4) is 0 Å². The summed E-state index contributed by atoms with van der Waals surface area (Å²) >= 11 is 6.18. The SMILES string of the molecule is O=C(CCc1ccccc1Cl)Nc1ccc(-c2ccnc(Nc3ccc(N4CCOCC4)cc3)n2)cc1. The Bertz CT molecular complexity index is 1340. The Hall–Kier alpha value is -3.94. The minimum Gasteiger partial charge on any atom is -0.378 e. The van der Waals surface area contributed by atoms with Crippen molar-refractivity contribution in [1.82, 2.24) is 9.97 Å². The fraction of sp³-hybridized carbons (Fsp3) is 0.207. The number of morpholine rings is 1. The molecule has 0 spiro atoms. The molecule has 1 aliphatic rings. The number of aryl methyl sites for hydroxylation is 1. The van der Waals surface area contributed by atoms with Crippen molar-refractivity contribution in [2.45, 2.75) is 12.8 Å². The molecule has 0 unspecified atom stereocenters. The van der Waals surface area contributed by atoms with E-state index in [1.54, 1.807) is 6.20 Å². The van der Waals surface area contributed by atoms with Crippen LogP contribution < -0.4 is 15.5 Å². The van der Waals surface area contributed by atoms with E-state index in [9.17, 15) is 4.79 Å². The molecule has 7 nitrogen and oxygen atoms in total. The summed E-state index contributed by atoms with van der Waals surface area (Å²) in [6, 6.07) is 25.3. The molecule has 0 aliphatic carbocycles. The molecule has 1 aromatic heterocycles. The first-order valence-electron chi connectivity index (χ1n) is 12.3. The number of rotatable bonds is 8. The van der Waals surface area contributed by atoms with Crippen LogP contribution in [-0.2, 0) is 16.0 Å². The van der Waals surface area contributed by atoms with Crippen LogP contribution in [0.2, 0.25) is 5.02 Å². The van der Waals surface area contributed by atoms with E-state index in [4.69, 9.17) is 16.3 Å². The molecule has 1 amide bonds. The largest absolute Gasteiger partial charge is 0.378 e. The lowest BCUT2D eigenvalue weighted by molar-refractivity contribution is -0.116. The number of nitrogens with zero attached hydrogens (tertiary/aromatic N) is 3. The number of amides is 1. The number of aromatic nitrogens is 2. The van der Waals surface area contributed by atoms with Gasteiger partial charge in [-0.25, -0.2) is 9.97 Å². The Labute approximate surface area is 221 Å². The number of nitrogens with one attached hydrogen (secondary N) is 2. The minimum atomic E-state index is -0.0548. The van der Waals surface area contributed by atoms with E-state index in [1.807, 2.05) is 66.7 Å². The molecule has 37 heavy (non-hydrogen) atoms. The molecular formula is C29H28ClN5O2. The summed E-state index contributed by atoms with van der Waals surface area (Å²) in [5.41, 5.74) is 5.53. The highest BCUT2D eigenvalue weighted by Gasteiger charge is 2.11. The third-order valence-electron chi connectivity index (χ3n) is 6.20. The lowest BCUT2D eigenvalue weighted by Crippen LogP contribution is -2.36. The van der Waals surface area contributed by atoms with Gasteiger partial charge in [0.15, 0.2) is 0 Å². The topological polar surface area (TPSA) is 79.4 Å². The molecular weight excluding hydrogens is 486 g/mol. The van der Waals surface area contributed by atoms with Crippen LogP contribution in [0, 0.1) is 0 Å². The van der Waals surface area contributed by atoms with Gasteiger partial charge in [-0.05, 0) is 60.5 Å². The number of carbonyl (C=O) groups excluding carboxylic acids is 1. The van der Waals surface area contributed by atoms with Crippen molar-refractivity contribution in [3.8, 4) is 11.3 Å². The standard InChI is InChI=1S/C29H28ClN5O2/c30-26-4-2-1-3-21(26)7-14-28(36)32-23-8-5-22(6-9-23)27-15-16-31-29(34-27)33-24-10-12-25(13-11-24)35-17-19-37-20-18-35/h1-6,8-13,15-16H,7,14,17-20H2,(H,32,36)(H,31,33,34). The smallest absolute Gasteiger partial charge is 0.227 e. The molecule has 188 valence electrons. The second kappa shape index (κ2) is 11.9. The summed E-state index contributed by atoms with van der Waals surface area (Å²) < 4.78 is 5.43. The van der Waals surface area contributed by atoms with Crippen molar-refractivity contribution in [3.63, 3.8) is 0 Å². The van der Waals surface area contributed by atoms with Gasteiger partial charge in [-0.15, -0.1) is 0 Å². The molecule has 0 saturated carbocycles. The first-order chi connectivity index (χ1) is 18.1. The van der Waals surface area contributed by atoms with Crippen LogP contribution in [0.25, 0.3) is 11.3 Å². The first kappa shape index (κ1) is 24.7. The predicted octanol–water partition coefficient (Wildman–Crippen LogP) is 5.95. The minimum absolute atomic E-state index is 0.0548. The van der Waals surface area contributed by atoms with E-state index >= 15 is 0 Å². The lowest BCUT2D eigenvalue weighted by Gasteiger charge is -2.28. The Morgan fingerprint density at radius 2 is 1.65 bits per heavy atom. The maximum atomic E-state index is 12.4. The molecule has 5 rings (SSSR count). The van der Waals surface area contributed by atoms with E-state index in [2.05, 4.69) is 37.6 Å². The molecule has 2 heterocycles. The number of ether oxygens (including phenoxy) is 1. The van der Waals surface area contributed by atoms with E-state index in [-0.39, 0.29) is 5.91 Å². The zero-order valence-electron chi connectivity index (χ0n) is 20.4. The summed E-state index contributed by atoms with van der Waals surface area (Å²) in [5.74, 6) is 0.467. The highest BCUT2D eigenvalue weighted by Crippen LogP contribution is 2.24. The van der Waals surface area contributed by atoms with Crippen molar-refractivity contribution in [1.29, 1.82) is 0 Å². The summed E-state index contributed by atoms with van der Waals surface area (Å²) in [4.78, 5) is 23.7. The van der Waals surface area contributed by atoms with Crippen LogP contribution in [0.15, 0.2) is 85.1 Å². The zero-order chi connectivity index (χ0) is 25.5. The third kappa shape index (κ3) is 6.64. The molecule has 4 aromatic rings. The number of halogens is 1. The highest BCUT2D eigenvalue weighted by atomic mass is 35.5. The van der Waals surface area contributed by atoms with Gasteiger partial charge in [0.2, 0.25) is 11.9 Å². The third-order valence-corrected chi connectivity index (χ3v) is 6.57. The van der Waals surface area contributed by atoms with E-state index in [1.165, 1.54) is 5.69 Å². The number of anilines is 4. The van der Waals surface area contributed by atoms with Gasteiger partial charge in [-0.2, -0.15) is 0 Å². The molecule has 0 radical (unpaired) electrons. The fourth-order valence-electron chi connectivity index (χ4n) is 4.18. The molecule has 3 aromatic carbocycles. The van der Waals surface area contributed by atoms with Crippen molar-refractivity contribution < 1.29 is 9.53 Å². The molecule has 1 saturated heterocycles. The van der Waals surface area contributed by atoms with Gasteiger partial charge >= 0.3 is 0 Å². The quantitative estimate of drug-likeness (QED) is 0.303. The number of benzene rings is 3. The normalized spacial score (nSPS) is 13.3. The van der Waals surface area contributed by atoms with Gasteiger partial charge in [0.05, 0.1) is 18.9 Å². The van der Waals surface area contributed by atoms with Gasteiger partial charge in [-0.1, -0.05) is 41.9 Å². The molecule has 0 bridgehead atoms. The second-order valence-corrected chi connectivity index (χ2v) is 9.16. The highest BCUT2D eigenvalue weighted by molar-refractivity contribution is 6.31.